The van der Waals surface area contributed by atoms with Gasteiger partial charge in [-0.3, -0.25) is 14.5 Å². The summed E-state index contributed by atoms with van der Waals surface area (Å²) in [5, 5.41) is 11.8. The third-order valence-corrected chi connectivity index (χ3v) is 7.76. The summed E-state index contributed by atoms with van der Waals surface area (Å²) in [4.78, 5) is 33.2. The van der Waals surface area contributed by atoms with Gasteiger partial charge >= 0.3 is 5.91 Å². The van der Waals surface area contributed by atoms with Crippen LogP contribution >= 0.6 is 11.3 Å². The normalized spacial score (nSPS) is 17.2. The third-order valence-electron chi connectivity index (χ3n) is 6.75. The molecule has 0 aliphatic carbocycles. The minimum Gasteiger partial charge on any atom is -0.507 e. The Balaban J connectivity index is 1.69. The van der Waals surface area contributed by atoms with E-state index >= 15 is 0 Å². The summed E-state index contributed by atoms with van der Waals surface area (Å²) in [7, 11) is 1.53. The minimum atomic E-state index is -0.864. The predicted octanol–water partition coefficient (Wildman–Crippen LogP) is 6.63. The van der Waals surface area contributed by atoms with Crippen LogP contribution in [0.4, 0.5) is 5.13 Å². The molecule has 1 aliphatic heterocycles. The number of fused-ring (bicyclic) bond motifs is 1. The number of hydrogen-bond donors (Lipinski definition) is 1. The van der Waals surface area contributed by atoms with Crippen LogP contribution in [0.15, 0.2) is 72.3 Å². The van der Waals surface area contributed by atoms with Gasteiger partial charge in [0.05, 0.1) is 35.5 Å². The van der Waals surface area contributed by atoms with Crippen LogP contribution in [-0.2, 0) is 15.0 Å². The second kappa shape index (κ2) is 10.2. The number of aliphatic hydroxyl groups excluding tert-OH is 1. The van der Waals surface area contributed by atoms with Crippen molar-refractivity contribution in [1.82, 2.24) is 4.98 Å². The molecule has 1 atom stereocenters. The highest BCUT2D eigenvalue weighted by Gasteiger charge is 2.48. The van der Waals surface area contributed by atoms with Crippen molar-refractivity contribution in [2.24, 2.45) is 0 Å². The number of benzene rings is 3. The molecule has 0 saturated carbocycles. The van der Waals surface area contributed by atoms with E-state index in [0.717, 1.165) is 10.3 Å². The van der Waals surface area contributed by atoms with Crippen LogP contribution in [0.2, 0.25) is 0 Å². The second-order valence-corrected chi connectivity index (χ2v) is 11.3. The van der Waals surface area contributed by atoms with E-state index < -0.39 is 17.7 Å². The van der Waals surface area contributed by atoms with Crippen molar-refractivity contribution in [2.45, 2.75) is 39.2 Å². The Kier molecular flexibility index (Phi) is 6.91. The Morgan fingerprint density at radius 2 is 1.77 bits per heavy atom. The van der Waals surface area contributed by atoms with Gasteiger partial charge in [-0.25, -0.2) is 4.98 Å². The maximum absolute atomic E-state index is 13.6. The molecule has 4 aromatic rings. The fourth-order valence-electron chi connectivity index (χ4n) is 4.69. The zero-order valence-electron chi connectivity index (χ0n) is 22.5. The van der Waals surface area contributed by atoms with Crippen molar-refractivity contribution in [3.05, 3.63) is 89.0 Å². The summed E-state index contributed by atoms with van der Waals surface area (Å²) < 4.78 is 11.8. The smallest absolute Gasteiger partial charge is 0.301 e. The quantitative estimate of drug-likeness (QED) is 0.167. The summed E-state index contributed by atoms with van der Waals surface area (Å²) in [6, 6.07) is 19.3. The second-order valence-electron chi connectivity index (χ2n) is 10.3. The van der Waals surface area contributed by atoms with Gasteiger partial charge in [-0.15, -0.1) is 0 Å². The molecule has 7 nitrogen and oxygen atoms in total. The van der Waals surface area contributed by atoms with Crippen molar-refractivity contribution in [3.8, 4) is 11.5 Å². The first kappa shape index (κ1) is 26.4. The number of methoxy groups -OCH3 is 1. The molecule has 0 radical (unpaired) electrons. The first-order valence-corrected chi connectivity index (χ1v) is 13.5. The lowest BCUT2D eigenvalue weighted by molar-refractivity contribution is -0.132. The van der Waals surface area contributed by atoms with Gasteiger partial charge in [0.25, 0.3) is 5.78 Å². The Morgan fingerprint density at radius 3 is 2.44 bits per heavy atom. The SMILES string of the molecule is CCOc1ccc2nc(N3C(=O)C(=O)C(=C(O)c4cccc(OC)c4)C3c3ccc(C(C)(C)C)cc3)sc2c1. The standard InChI is InChI=1S/C31H30N2O5S/c1-6-38-22-14-15-23-24(17-22)39-30(32-23)33-26(18-10-12-20(13-11-18)31(2,3)4)25(28(35)29(33)36)27(34)19-8-7-9-21(16-19)37-5/h7-17,26,34H,6H2,1-5H3. The Bertz CT molecular complexity index is 1600. The van der Waals surface area contributed by atoms with Gasteiger partial charge in [0, 0.05) is 5.56 Å². The van der Waals surface area contributed by atoms with Gasteiger partial charge in [0.1, 0.15) is 17.3 Å². The van der Waals surface area contributed by atoms with Crippen molar-refractivity contribution < 1.29 is 24.2 Å². The van der Waals surface area contributed by atoms with Crippen LogP contribution in [-0.4, -0.2) is 35.5 Å². The van der Waals surface area contributed by atoms with Crippen LogP contribution in [0.1, 0.15) is 50.4 Å². The molecule has 8 heteroatoms. The van der Waals surface area contributed by atoms with E-state index in [2.05, 4.69) is 20.8 Å². The Labute approximate surface area is 231 Å². The molecule has 0 spiro atoms. The summed E-state index contributed by atoms with van der Waals surface area (Å²) in [5.41, 5.74) is 2.81. The number of nitrogens with zero attached hydrogens (tertiary/aromatic N) is 2. The molecule has 5 rings (SSSR count). The number of thiazole rings is 1. The average molecular weight is 543 g/mol. The van der Waals surface area contributed by atoms with Crippen molar-refractivity contribution in [2.75, 3.05) is 18.6 Å². The molecule has 2 heterocycles. The predicted molar refractivity (Wildman–Crippen MR) is 154 cm³/mol. The molecular formula is C31H30N2O5S. The summed E-state index contributed by atoms with van der Waals surface area (Å²) in [6.45, 7) is 8.80. The number of rotatable bonds is 6. The lowest BCUT2D eigenvalue weighted by atomic mass is 9.85. The number of amides is 1. The highest BCUT2D eigenvalue weighted by molar-refractivity contribution is 7.22. The molecule has 1 fully saturated rings. The Morgan fingerprint density at radius 1 is 1.03 bits per heavy atom. The van der Waals surface area contributed by atoms with Gasteiger partial charge in [0.15, 0.2) is 5.13 Å². The van der Waals surface area contributed by atoms with E-state index in [9.17, 15) is 14.7 Å². The number of aliphatic hydroxyl groups is 1. The maximum Gasteiger partial charge on any atom is 0.301 e. The minimum absolute atomic E-state index is 0.00558. The van der Waals surface area contributed by atoms with Crippen LogP contribution in [0.25, 0.3) is 16.0 Å². The molecule has 1 amide bonds. The number of Topliss-reactive ketones (excluding diaryl/α,β-unsaturated/α-hetero) is 1. The van der Waals surface area contributed by atoms with E-state index in [0.29, 0.717) is 39.9 Å². The number of aromatic nitrogens is 1. The maximum atomic E-state index is 13.6. The van der Waals surface area contributed by atoms with Crippen LogP contribution in [0.5, 0.6) is 11.5 Å². The highest BCUT2D eigenvalue weighted by Crippen LogP contribution is 2.45. The van der Waals surface area contributed by atoms with Crippen molar-refractivity contribution in [1.29, 1.82) is 0 Å². The molecule has 1 aliphatic rings. The number of ether oxygens (including phenoxy) is 2. The number of carbonyl (C=O) groups excluding carboxylic acids is 2. The van der Waals surface area contributed by atoms with Crippen LogP contribution in [0, 0.1) is 0 Å². The largest absolute Gasteiger partial charge is 0.507 e. The lowest BCUT2D eigenvalue weighted by Gasteiger charge is -2.24. The molecule has 1 saturated heterocycles. The van der Waals surface area contributed by atoms with E-state index in [1.54, 1.807) is 24.3 Å². The Hall–Kier alpha value is -4.17. The molecule has 1 N–H and O–H groups in total. The third kappa shape index (κ3) is 4.88. The number of anilines is 1. The molecule has 1 unspecified atom stereocenters. The molecule has 0 bridgehead atoms. The zero-order valence-corrected chi connectivity index (χ0v) is 23.3. The van der Waals surface area contributed by atoms with Gasteiger partial charge < -0.3 is 14.6 Å². The molecular weight excluding hydrogens is 512 g/mol. The molecule has 39 heavy (non-hydrogen) atoms. The monoisotopic (exact) mass is 542 g/mol. The van der Waals surface area contributed by atoms with Gasteiger partial charge in [-0.2, -0.15) is 0 Å². The fourth-order valence-corrected chi connectivity index (χ4v) is 5.71. The van der Waals surface area contributed by atoms with Crippen molar-refractivity contribution in [3.63, 3.8) is 0 Å². The average Bonchev–Trinajstić information content (AvgIpc) is 3.45. The first-order chi connectivity index (χ1) is 18.6. The van der Waals surface area contributed by atoms with Crippen LogP contribution < -0.4 is 14.4 Å². The number of hydrogen-bond acceptors (Lipinski definition) is 7. The van der Waals surface area contributed by atoms with E-state index in [1.165, 1.54) is 23.3 Å². The van der Waals surface area contributed by atoms with Gasteiger partial charge in [0.2, 0.25) is 0 Å². The molecule has 200 valence electrons. The van der Waals surface area contributed by atoms with E-state index in [4.69, 9.17) is 14.5 Å². The summed E-state index contributed by atoms with van der Waals surface area (Å²) in [5.74, 6) is -0.549. The lowest BCUT2D eigenvalue weighted by Crippen LogP contribution is -2.29. The van der Waals surface area contributed by atoms with Gasteiger partial charge in [-0.05, 0) is 53.8 Å². The van der Waals surface area contributed by atoms with Crippen molar-refractivity contribution >= 4 is 44.1 Å². The fraction of sp³-hybridized carbons (Fsp3) is 0.258. The molecule has 3 aromatic carbocycles. The van der Waals surface area contributed by atoms with E-state index in [1.807, 2.05) is 49.4 Å². The summed E-state index contributed by atoms with van der Waals surface area (Å²) >= 11 is 1.30. The van der Waals surface area contributed by atoms with E-state index in [-0.39, 0.29) is 16.7 Å². The van der Waals surface area contributed by atoms with Crippen LogP contribution in [0.3, 0.4) is 0 Å². The number of ketones is 1. The molecule has 1 aromatic heterocycles. The van der Waals surface area contributed by atoms with Gasteiger partial charge in [-0.1, -0.05) is 68.5 Å². The zero-order chi connectivity index (χ0) is 27.9. The number of carbonyl (C=O) groups is 2. The highest BCUT2D eigenvalue weighted by atomic mass is 32.1. The first-order valence-electron chi connectivity index (χ1n) is 12.7. The summed E-state index contributed by atoms with van der Waals surface area (Å²) in [6.07, 6.45) is 0. The topological polar surface area (TPSA) is 89.0 Å².